The fraction of sp³-hybridized carbons (Fsp3) is 0.231. The van der Waals surface area contributed by atoms with Gasteiger partial charge in [-0.2, -0.15) is 5.26 Å². The smallest absolute Gasteiger partial charge is 0.183 e. The summed E-state index contributed by atoms with van der Waals surface area (Å²) in [6, 6.07) is 9.73. The summed E-state index contributed by atoms with van der Waals surface area (Å²) in [6.07, 6.45) is 2.93. The first-order valence-corrected chi connectivity index (χ1v) is 6.35. The van der Waals surface area contributed by atoms with E-state index < -0.39 is 0 Å². The minimum absolute atomic E-state index is 0.680. The van der Waals surface area contributed by atoms with E-state index in [-0.39, 0.29) is 0 Å². The number of benzene rings is 1. The van der Waals surface area contributed by atoms with Crippen LogP contribution in [-0.4, -0.2) is 11.5 Å². The number of rotatable bonds is 4. The van der Waals surface area contributed by atoms with Crippen molar-refractivity contribution in [2.24, 2.45) is 0 Å². The Kier molecular flexibility index (Phi) is 3.73. The Bertz CT molecular complexity index is 540. The van der Waals surface area contributed by atoms with Gasteiger partial charge in [0.2, 0.25) is 0 Å². The van der Waals surface area contributed by atoms with Crippen molar-refractivity contribution in [3.8, 4) is 16.5 Å². The predicted octanol–water partition coefficient (Wildman–Crippen LogP) is 3.50. The second-order valence-corrected chi connectivity index (χ2v) is 4.68. The summed E-state index contributed by atoms with van der Waals surface area (Å²) in [5.74, 6) is 0. The fourth-order valence-electron chi connectivity index (χ4n) is 1.46. The summed E-state index contributed by atoms with van der Waals surface area (Å²) in [6.45, 7) is 3.06. The Balaban J connectivity index is 2.21. The van der Waals surface area contributed by atoms with Crippen molar-refractivity contribution in [3.05, 3.63) is 36.0 Å². The van der Waals surface area contributed by atoms with Gasteiger partial charge in [-0.05, 0) is 24.1 Å². The standard InChI is InChI=1S/C13H13N3S/c1-2-6-15-13-16-9-12(17-13)11-5-3-4-10(7-11)8-14/h3-5,7,9H,2,6H2,1H3,(H,15,16). The molecule has 4 heteroatoms. The van der Waals surface area contributed by atoms with Gasteiger partial charge in [-0.1, -0.05) is 30.4 Å². The van der Waals surface area contributed by atoms with Crippen LogP contribution in [-0.2, 0) is 0 Å². The van der Waals surface area contributed by atoms with Crippen molar-refractivity contribution in [2.75, 3.05) is 11.9 Å². The molecule has 0 bridgehead atoms. The molecule has 17 heavy (non-hydrogen) atoms. The molecule has 3 nitrogen and oxygen atoms in total. The average Bonchev–Trinajstić information content (AvgIpc) is 2.85. The molecule has 0 amide bonds. The third kappa shape index (κ3) is 2.83. The van der Waals surface area contributed by atoms with E-state index in [1.165, 1.54) is 0 Å². The third-order valence-electron chi connectivity index (χ3n) is 2.31. The average molecular weight is 243 g/mol. The van der Waals surface area contributed by atoms with Gasteiger partial charge in [0.05, 0.1) is 16.5 Å². The van der Waals surface area contributed by atoms with E-state index >= 15 is 0 Å². The lowest BCUT2D eigenvalue weighted by atomic mass is 10.1. The zero-order valence-electron chi connectivity index (χ0n) is 9.60. The van der Waals surface area contributed by atoms with E-state index in [0.717, 1.165) is 28.5 Å². The van der Waals surface area contributed by atoms with Gasteiger partial charge in [0.15, 0.2) is 5.13 Å². The van der Waals surface area contributed by atoms with Gasteiger partial charge in [0.1, 0.15) is 0 Å². The SMILES string of the molecule is CCCNc1ncc(-c2cccc(C#N)c2)s1. The number of nitrogens with zero attached hydrogens (tertiary/aromatic N) is 2. The Hall–Kier alpha value is -1.86. The van der Waals surface area contributed by atoms with Crippen molar-refractivity contribution >= 4 is 16.5 Å². The summed E-state index contributed by atoms with van der Waals surface area (Å²) in [5, 5.41) is 13.0. The maximum atomic E-state index is 8.86. The molecule has 0 aliphatic heterocycles. The molecule has 0 unspecified atom stereocenters. The summed E-state index contributed by atoms with van der Waals surface area (Å²) in [7, 11) is 0. The second-order valence-electron chi connectivity index (χ2n) is 3.65. The number of anilines is 1. The van der Waals surface area contributed by atoms with Gasteiger partial charge < -0.3 is 5.32 Å². The van der Waals surface area contributed by atoms with Gasteiger partial charge in [-0.3, -0.25) is 0 Å². The molecule has 0 radical (unpaired) electrons. The van der Waals surface area contributed by atoms with Crippen LogP contribution in [0.4, 0.5) is 5.13 Å². The van der Waals surface area contributed by atoms with Crippen LogP contribution in [0.3, 0.4) is 0 Å². The third-order valence-corrected chi connectivity index (χ3v) is 3.31. The normalized spacial score (nSPS) is 9.88. The Labute approximate surface area is 105 Å². The van der Waals surface area contributed by atoms with Crippen molar-refractivity contribution in [1.29, 1.82) is 5.26 Å². The highest BCUT2D eigenvalue weighted by atomic mass is 32.1. The quantitative estimate of drug-likeness (QED) is 0.894. The number of hydrogen-bond acceptors (Lipinski definition) is 4. The molecular weight excluding hydrogens is 230 g/mol. The summed E-state index contributed by atoms with van der Waals surface area (Å²) >= 11 is 1.61. The Morgan fingerprint density at radius 2 is 2.35 bits per heavy atom. The van der Waals surface area contributed by atoms with Crippen LogP contribution in [0.1, 0.15) is 18.9 Å². The first-order valence-electron chi connectivity index (χ1n) is 5.53. The van der Waals surface area contributed by atoms with E-state index in [1.807, 2.05) is 24.4 Å². The van der Waals surface area contributed by atoms with Crippen molar-refractivity contribution in [1.82, 2.24) is 4.98 Å². The summed E-state index contributed by atoms with van der Waals surface area (Å²) < 4.78 is 0. The lowest BCUT2D eigenvalue weighted by molar-refractivity contribution is 0.976. The number of thiazole rings is 1. The van der Waals surface area contributed by atoms with E-state index in [0.29, 0.717) is 5.56 Å². The Morgan fingerprint density at radius 1 is 1.47 bits per heavy atom. The molecule has 0 fully saturated rings. The van der Waals surface area contributed by atoms with E-state index in [9.17, 15) is 0 Å². The highest BCUT2D eigenvalue weighted by Gasteiger charge is 2.04. The maximum absolute atomic E-state index is 8.86. The van der Waals surface area contributed by atoms with Crippen molar-refractivity contribution < 1.29 is 0 Å². The molecule has 2 aromatic rings. The first kappa shape index (κ1) is 11.6. The number of nitriles is 1. The zero-order chi connectivity index (χ0) is 12.1. The number of nitrogens with one attached hydrogen (secondary N) is 1. The van der Waals surface area contributed by atoms with Gasteiger partial charge in [0.25, 0.3) is 0 Å². The molecule has 0 spiro atoms. The molecule has 0 saturated heterocycles. The largest absolute Gasteiger partial charge is 0.362 e. The molecule has 0 aliphatic rings. The molecule has 0 aliphatic carbocycles. The molecule has 1 aromatic heterocycles. The van der Waals surface area contributed by atoms with Crippen LogP contribution < -0.4 is 5.32 Å². The number of hydrogen-bond donors (Lipinski definition) is 1. The van der Waals surface area contributed by atoms with Crippen molar-refractivity contribution in [3.63, 3.8) is 0 Å². The molecular formula is C13H13N3S. The molecule has 2 rings (SSSR count). The van der Waals surface area contributed by atoms with Crippen LogP contribution >= 0.6 is 11.3 Å². The van der Waals surface area contributed by atoms with Crippen LogP contribution in [0, 0.1) is 11.3 Å². The lowest BCUT2D eigenvalue weighted by Crippen LogP contribution is -1.97. The van der Waals surface area contributed by atoms with Gasteiger partial charge in [-0.15, -0.1) is 0 Å². The van der Waals surface area contributed by atoms with Gasteiger partial charge in [-0.25, -0.2) is 4.98 Å². The minimum Gasteiger partial charge on any atom is -0.362 e. The van der Waals surface area contributed by atoms with Gasteiger partial charge in [0, 0.05) is 12.7 Å². The van der Waals surface area contributed by atoms with Crippen LogP contribution in [0.5, 0.6) is 0 Å². The molecule has 0 atom stereocenters. The van der Waals surface area contributed by atoms with Crippen molar-refractivity contribution in [2.45, 2.75) is 13.3 Å². The summed E-state index contributed by atoms with van der Waals surface area (Å²) in [5.41, 5.74) is 1.73. The van der Waals surface area contributed by atoms with E-state index in [1.54, 1.807) is 17.4 Å². The fourth-order valence-corrected chi connectivity index (χ4v) is 2.30. The first-order chi connectivity index (χ1) is 8.33. The molecule has 0 saturated carbocycles. The van der Waals surface area contributed by atoms with E-state index in [4.69, 9.17) is 5.26 Å². The van der Waals surface area contributed by atoms with Crippen LogP contribution in [0.25, 0.3) is 10.4 Å². The monoisotopic (exact) mass is 243 g/mol. The Morgan fingerprint density at radius 3 is 3.12 bits per heavy atom. The van der Waals surface area contributed by atoms with Crippen LogP contribution in [0.15, 0.2) is 30.5 Å². The highest BCUT2D eigenvalue weighted by Crippen LogP contribution is 2.29. The number of aromatic nitrogens is 1. The van der Waals surface area contributed by atoms with E-state index in [2.05, 4.69) is 23.3 Å². The highest BCUT2D eigenvalue weighted by molar-refractivity contribution is 7.18. The molecule has 1 N–H and O–H groups in total. The van der Waals surface area contributed by atoms with Gasteiger partial charge >= 0.3 is 0 Å². The predicted molar refractivity (Wildman–Crippen MR) is 71.0 cm³/mol. The lowest BCUT2D eigenvalue weighted by Gasteiger charge is -1.98. The second kappa shape index (κ2) is 5.46. The van der Waals surface area contributed by atoms with Crippen LogP contribution in [0.2, 0.25) is 0 Å². The molecule has 1 aromatic carbocycles. The molecule has 86 valence electrons. The summed E-state index contributed by atoms with van der Waals surface area (Å²) in [4.78, 5) is 5.39. The topological polar surface area (TPSA) is 48.7 Å². The zero-order valence-corrected chi connectivity index (χ0v) is 10.4. The maximum Gasteiger partial charge on any atom is 0.183 e. The molecule has 1 heterocycles. The minimum atomic E-state index is 0.680.